The summed E-state index contributed by atoms with van der Waals surface area (Å²) in [6, 6.07) is 0. The molecule has 5 heteroatoms. The van der Waals surface area contributed by atoms with E-state index in [1.54, 1.807) is 0 Å². The van der Waals surface area contributed by atoms with Crippen molar-refractivity contribution in [1.82, 2.24) is 0 Å². The average Bonchev–Trinajstić information content (AvgIpc) is 3.16. The predicted octanol–water partition coefficient (Wildman–Crippen LogP) is 15.0. The van der Waals surface area contributed by atoms with Gasteiger partial charge in [0.15, 0.2) is 6.10 Å². The van der Waals surface area contributed by atoms with Crippen LogP contribution in [0.4, 0.5) is 0 Å². The van der Waals surface area contributed by atoms with E-state index in [2.05, 4.69) is 38.2 Å². The lowest BCUT2D eigenvalue weighted by atomic mass is 10.0. The molecule has 0 aliphatic rings. The highest BCUT2D eigenvalue weighted by atomic mass is 16.6. The smallest absolute Gasteiger partial charge is 0.306 e. The quantitative estimate of drug-likeness (QED) is 0.0382. The van der Waals surface area contributed by atoms with Crippen LogP contribution in [0.2, 0.25) is 0 Å². The van der Waals surface area contributed by atoms with Crippen LogP contribution in [-0.2, 0) is 19.1 Å². The summed E-state index contributed by atoms with van der Waals surface area (Å²) < 4.78 is 10.7. The molecule has 0 aliphatic heterocycles. The highest BCUT2D eigenvalue weighted by Crippen LogP contribution is 2.16. The van der Waals surface area contributed by atoms with E-state index in [0.29, 0.717) is 12.8 Å². The Labute approximate surface area is 330 Å². The molecule has 0 saturated heterocycles. The average molecular weight is 747 g/mol. The second-order valence-corrected chi connectivity index (χ2v) is 15.8. The van der Waals surface area contributed by atoms with Gasteiger partial charge in [-0.15, -0.1) is 0 Å². The van der Waals surface area contributed by atoms with Gasteiger partial charge in [-0.1, -0.05) is 218 Å². The number of unbranched alkanes of at least 4 members (excludes halogenated alkanes) is 31. The fourth-order valence-electron chi connectivity index (χ4n) is 6.94. The molecule has 0 aromatic heterocycles. The highest BCUT2D eigenvalue weighted by molar-refractivity contribution is 5.70. The zero-order valence-electron chi connectivity index (χ0n) is 35.5. The molecule has 0 unspecified atom stereocenters. The molecule has 5 nitrogen and oxygen atoms in total. The van der Waals surface area contributed by atoms with E-state index >= 15 is 0 Å². The third kappa shape index (κ3) is 43.0. The van der Waals surface area contributed by atoms with Gasteiger partial charge in [0.2, 0.25) is 0 Å². The van der Waals surface area contributed by atoms with Crippen molar-refractivity contribution >= 4 is 11.9 Å². The molecule has 0 bridgehead atoms. The number of esters is 2. The number of ether oxygens (including phenoxy) is 2. The molecule has 0 aromatic carbocycles. The molecule has 1 atom stereocenters. The van der Waals surface area contributed by atoms with Crippen LogP contribution in [0.15, 0.2) is 24.3 Å². The van der Waals surface area contributed by atoms with Crippen molar-refractivity contribution in [2.45, 2.75) is 258 Å². The number of aliphatic hydroxyl groups excluding tert-OH is 1. The lowest BCUT2D eigenvalue weighted by Gasteiger charge is -2.15. The Morgan fingerprint density at radius 1 is 0.434 bits per heavy atom. The van der Waals surface area contributed by atoms with Crippen molar-refractivity contribution in [1.29, 1.82) is 0 Å². The Balaban J connectivity index is 3.48. The van der Waals surface area contributed by atoms with E-state index in [1.165, 1.54) is 180 Å². The molecule has 0 aliphatic carbocycles. The minimum Gasteiger partial charge on any atom is -0.462 e. The number of carbonyl (C=O) groups is 2. The van der Waals surface area contributed by atoms with Crippen molar-refractivity contribution < 1.29 is 24.2 Å². The van der Waals surface area contributed by atoms with Gasteiger partial charge in [0.25, 0.3) is 0 Å². The summed E-state index contributed by atoms with van der Waals surface area (Å²) in [7, 11) is 0. The number of rotatable bonds is 43. The Morgan fingerprint density at radius 3 is 1.15 bits per heavy atom. The molecule has 0 fully saturated rings. The molecule has 0 saturated carbocycles. The highest BCUT2D eigenvalue weighted by Gasteiger charge is 2.16. The van der Waals surface area contributed by atoms with Crippen molar-refractivity contribution in [3.05, 3.63) is 24.3 Å². The first kappa shape index (κ1) is 51.4. The first-order chi connectivity index (χ1) is 26.1. The van der Waals surface area contributed by atoms with Crippen LogP contribution in [0.25, 0.3) is 0 Å². The second-order valence-electron chi connectivity index (χ2n) is 15.8. The largest absolute Gasteiger partial charge is 0.462 e. The van der Waals surface area contributed by atoms with E-state index < -0.39 is 6.10 Å². The third-order valence-corrected chi connectivity index (χ3v) is 10.5. The molecule has 0 aromatic rings. The minimum atomic E-state index is -0.770. The normalized spacial score (nSPS) is 12.3. The van der Waals surface area contributed by atoms with Crippen molar-refractivity contribution in [2.75, 3.05) is 13.2 Å². The standard InChI is InChI=1S/C48H90O5/c1-3-5-7-9-11-13-15-17-19-21-22-23-24-25-27-29-31-33-35-37-39-41-43-48(51)53-46(44-49)45-52-47(50)42-40-38-36-34-32-30-28-26-20-18-16-14-12-10-8-6-4-2/h12,14,18,20,46,49H,3-11,13,15-17,19,21-45H2,1-2H3/b14-12+,20-18+/t46-/m0/s1. The van der Waals surface area contributed by atoms with Crippen molar-refractivity contribution in [3.63, 3.8) is 0 Å². The van der Waals surface area contributed by atoms with Gasteiger partial charge in [0, 0.05) is 12.8 Å². The van der Waals surface area contributed by atoms with Crippen LogP contribution < -0.4 is 0 Å². The lowest BCUT2D eigenvalue weighted by molar-refractivity contribution is -0.161. The van der Waals surface area contributed by atoms with E-state index in [0.717, 1.165) is 44.9 Å². The molecule has 53 heavy (non-hydrogen) atoms. The predicted molar refractivity (Wildman–Crippen MR) is 228 cm³/mol. The number of aliphatic hydroxyl groups is 1. The molecule has 0 spiro atoms. The Morgan fingerprint density at radius 2 is 0.755 bits per heavy atom. The fourth-order valence-corrected chi connectivity index (χ4v) is 6.94. The van der Waals surface area contributed by atoms with Crippen LogP contribution >= 0.6 is 0 Å². The van der Waals surface area contributed by atoms with Gasteiger partial charge in [0.05, 0.1) is 6.61 Å². The SMILES string of the molecule is CCCCC/C=C/C/C=C/CCCCCCCCCC(=O)OC[C@H](CO)OC(=O)CCCCCCCCCCCCCCCCCCCCCCCC. The summed E-state index contributed by atoms with van der Waals surface area (Å²) in [6.07, 6.45) is 54.0. The van der Waals surface area contributed by atoms with Gasteiger partial charge in [-0.25, -0.2) is 0 Å². The fraction of sp³-hybridized carbons (Fsp3) is 0.875. The van der Waals surface area contributed by atoms with Crippen LogP contribution in [0, 0.1) is 0 Å². The van der Waals surface area contributed by atoms with Crippen LogP contribution in [0.3, 0.4) is 0 Å². The maximum absolute atomic E-state index is 12.2. The minimum absolute atomic E-state index is 0.0654. The van der Waals surface area contributed by atoms with Gasteiger partial charge < -0.3 is 14.6 Å². The van der Waals surface area contributed by atoms with Crippen molar-refractivity contribution in [3.8, 4) is 0 Å². The summed E-state index contributed by atoms with van der Waals surface area (Å²) in [4.78, 5) is 24.4. The first-order valence-corrected chi connectivity index (χ1v) is 23.4. The summed E-state index contributed by atoms with van der Waals surface area (Å²) in [5.41, 5.74) is 0. The molecular formula is C48H90O5. The van der Waals surface area contributed by atoms with Gasteiger partial charge in [0.1, 0.15) is 6.61 Å². The maximum Gasteiger partial charge on any atom is 0.306 e. The van der Waals surface area contributed by atoms with Crippen molar-refractivity contribution in [2.24, 2.45) is 0 Å². The molecule has 0 radical (unpaired) electrons. The number of allylic oxidation sites excluding steroid dienone is 4. The Kier molecular flexibility index (Phi) is 43.4. The monoisotopic (exact) mass is 747 g/mol. The molecule has 0 heterocycles. The Bertz CT molecular complexity index is 806. The number of carbonyl (C=O) groups excluding carboxylic acids is 2. The van der Waals surface area contributed by atoms with Crippen LogP contribution in [0.1, 0.15) is 251 Å². The second kappa shape index (κ2) is 44.8. The zero-order chi connectivity index (χ0) is 38.6. The van der Waals surface area contributed by atoms with E-state index in [4.69, 9.17) is 9.47 Å². The molecular weight excluding hydrogens is 657 g/mol. The number of hydrogen-bond donors (Lipinski definition) is 1. The van der Waals surface area contributed by atoms with E-state index in [9.17, 15) is 14.7 Å². The van der Waals surface area contributed by atoms with Crippen LogP contribution in [0.5, 0.6) is 0 Å². The number of hydrogen-bond acceptors (Lipinski definition) is 5. The topological polar surface area (TPSA) is 72.8 Å². The van der Waals surface area contributed by atoms with E-state index in [-0.39, 0.29) is 25.2 Å². The summed E-state index contributed by atoms with van der Waals surface area (Å²) in [6.45, 7) is 4.14. The van der Waals surface area contributed by atoms with E-state index in [1.807, 2.05) is 0 Å². The Hall–Kier alpha value is -1.62. The summed E-state index contributed by atoms with van der Waals surface area (Å²) >= 11 is 0. The van der Waals surface area contributed by atoms with Gasteiger partial charge >= 0.3 is 11.9 Å². The molecule has 1 N–H and O–H groups in total. The first-order valence-electron chi connectivity index (χ1n) is 23.4. The molecule has 312 valence electrons. The van der Waals surface area contributed by atoms with Crippen LogP contribution in [-0.4, -0.2) is 36.4 Å². The van der Waals surface area contributed by atoms with Gasteiger partial charge in [-0.05, 0) is 44.9 Å². The molecule has 0 rings (SSSR count). The molecule has 0 amide bonds. The third-order valence-electron chi connectivity index (χ3n) is 10.5. The van der Waals surface area contributed by atoms with Gasteiger partial charge in [-0.3, -0.25) is 9.59 Å². The summed E-state index contributed by atoms with van der Waals surface area (Å²) in [5, 5.41) is 9.60. The maximum atomic E-state index is 12.2. The summed E-state index contributed by atoms with van der Waals surface area (Å²) in [5.74, 6) is -0.587. The van der Waals surface area contributed by atoms with Gasteiger partial charge in [-0.2, -0.15) is 0 Å². The lowest BCUT2D eigenvalue weighted by Crippen LogP contribution is -2.28. The zero-order valence-corrected chi connectivity index (χ0v) is 35.5.